The van der Waals surface area contributed by atoms with E-state index in [4.69, 9.17) is 5.11 Å². The Hall–Kier alpha value is -1.22. The second-order valence-corrected chi connectivity index (χ2v) is 7.35. The normalized spacial score (nSPS) is 13.4. The van der Waals surface area contributed by atoms with Gasteiger partial charge in [-0.05, 0) is 41.1 Å². The number of aliphatic hydroxyl groups excluding tert-OH is 1. The lowest BCUT2D eigenvalue weighted by Crippen LogP contribution is -2.25. The van der Waals surface area contributed by atoms with Crippen LogP contribution in [-0.4, -0.2) is 36.5 Å². The largest absolute Gasteiger partial charge is 0.396 e. The number of aromatic nitrogens is 2. The van der Waals surface area contributed by atoms with Crippen LogP contribution in [-0.2, 0) is 17.1 Å². The Balaban J connectivity index is 1.93. The van der Waals surface area contributed by atoms with E-state index in [1.807, 2.05) is 16.8 Å². The van der Waals surface area contributed by atoms with Gasteiger partial charge in [0.15, 0.2) is 0 Å². The Morgan fingerprint density at radius 3 is 2.86 bits per heavy atom. The average Bonchev–Trinajstić information content (AvgIpc) is 3.08. The first kappa shape index (κ1) is 16.2. The van der Waals surface area contributed by atoms with Gasteiger partial charge in [-0.3, -0.25) is 4.68 Å². The van der Waals surface area contributed by atoms with Crippen molar-refractivity contribution < 1.29 is 13.5 Å². The van der Waals surface area contributed by atoms with Crippen LogP contribution in [0.25, 0.3) is 0 Å². The molecule has 2 N–H and O–H groups in total. The SMILES string of the molecule is Cn1cc(S(=O)(=O)NCCC(CCO)c2ccsc2)cn1. The van der Waals surface area contributed by atoms with E-state index in [2.05, 4.69) is 9.82 Å². The molecule has 8 heteroatoms. The van der Waals surface area contributed by atoms with Crippen molar-refractivity contribution in [1.82, 2.24) is 14.5 Å². The summed E-state index contributed by atoms with van der Waals surface area (Å²) < 4.78 is 28.2. The number of nitrogens with one attached hydrogen (secondary N) is 1. The number of nitrogens with zero attached hydrogens (tertiary/aromatic N) is 2. The number of sulfonamides is 1. The zero-order valence-electron chi connectivity index (χ0n) is 11.8. The van der Waals surface area contributed by atoms with Gasteiger partial charge >= 0.3 is 0 Å². The van der Waals surface area contributed by atoms with Crippen molar-refractivity contribution in [2.45, 2.75) is 23.7 Å². The fraction of sp³-hybridized carbons (Fsp3) is 0.462. The number of hydrogen-bond acceptors (Lipinski definition) is 5. The Morgan fingerprint density at radius 1 is 1.48 bits per heavy atom. The summed E-state index contributed by atoms with van der Waals surface area (Å²) in [4.78, 5) is 0.166. The fourth-order valence-corrected chi connectivity index (χ4v) is 3.90. The molecule has 0 bridgehead atoms. The maximum Gasteiger partial charge on any atom is 0.243 e. The van der Waals surface area contributed by atoms with E-state index in [0.29, 0.717) is 19.4 Å². The summed E-state index contributed by atoms with van der Waals surface area (Å²) in [6.45, 7) is 0.424. The Labute approximate surface area is 128 Å². The molecule has 0 saturated carbocycles. The summed E-state index contributed by atoms with van der Waals surface area (Å²) in [5.74, 6) is 0.165. The van der Waals surface area contributed by atoms with Gasteiger partial charge < -0.3 is 5.11 Å². The standard InChI is InChI=1S/C13H19N3O3S2/c1-16-9-13(8-14-16)21(18,19)15-5-2-11(3-6-17)12-4-7-20-10-12/h4,7-11,15,17H,2-3,5-6H2,1H3. The minimum Gasteiger partial charge on any atom is -0.396 e. The molecule has 0 aliphatic carbocycles. The molecule has 2 aromatic heterocycles. The van der Waals surface area contributed by atoms with Crippen molar-refractivity contribution >= 4 is 21.4 Å². The topological polar surface area (TPSA) is 84.2 Å². The van der Waals surface area contributed by atoms with Gasteiger partial charge in [0, 0.05) is 26.4 Å². The van der Waals surface area contributed by atoms with Crippen molar-refractivity contribution in [3.63, 3.8) is 0 Å². The molecule has 0 radical (unpaired) electrons. The summed E-state index contributed by atoms with van der Waals surface area (Å²) in [5, 5.41) is 17.0. The van der Waals surface area contributed by atoms with E-state index in [9.17, 15) is 8.42 Å². The lowest BCUT2D eigenvalue weighted by molar-refractivity contribution is 0.273. The number of aliphatic hydroxyl groups is 1. The van der Waals surface area contributed by atoms with Gasteiger partial charge in [0.05, 0.1) is 6.20 Å². The van der Waals surface area contributed by atoms with Gasteiger partial charge in [-0.15, -0.1) is 0 Å². The van der Waals surface area contributed by atoms with E-state index < -0.39 is 10.0 Å². The molecule has 6 nitrogen and oxygen atoms in total. The highest BCUT2D eigenvalue weighted by Gasteiger charge is 2.17. The first-order chi connectivity index (χ1) is 10.0. The lowest BCUT2D eigenvalue weighted by atomic mass is 9.95. The van der Waals surface area contributed by atoms with Crippen molar-refractivity contribution in [2.24, 2.45) is 7.05 Å². The summed E-state index contributed by atoms with van der Waals surface area (Å²) in [6, 6.07) is 2.01. The number of rotatable bonds is 8. The second-order valence-electron chi connectivity index (χ2n) is 4.80. The summed E-state index contributed by atoms with van der Waals surface area (Å²) in [6.07, 6.45) is 4.07. The third-order valence-electron chi connectivity index (χ3n) is 3.27. The van der Waals surface area contributed by atoms with E-state index in [1.54, 1.807) is 18.4 Å². The maximum absolute atomic E-state index is 12.1. The molecule has 0 aliphatic heterocycles. The van der Waals surface area contributed by atoms with Crippen LogP contribution in [0.15, 0.2) is 34.1 Å². The summed E-state index contributed by atoms with van der Waals surface area (Å²) in [5.41, 5.74) is 1.15. The number of aryl methyl sites for hydroxylation is 1. The van der Waals surface area contributed by atoms with Crippen LogP contribution in [0, 0.1) is 0 Å². The molecule has 0 aliphatic rings. The molecule has 21 heavy (non-hydrogen) atoms. The van der Waals surface area contributed by atoms with Crippen LogP contribution in [0.4, 0.5) is 0 Å². The molecule has 0 amide bonds. The van der Waals surface area contributed by atoms with Gasteiger partial charge in [0.25, 0.3) is 0 Å². The molecular weight excluding hydrogens is 310 g/mol. The molecule has 0 fully saturated rings. The van der Waals surface area contributed by atoms with Gasteiger partial charge in [-0.25, -0.2) is 13.1 Å². The number of thiophene rings is 1. The van der Waals surface area contributed by atoms with Gasteiger partial charge in [-0.1, -0.05) is 0 Å². The van der Waals surface area contributed by atoms with Crippen molar-refractivity contribution in [2.75, 3.05) is 13.2 Å². The molecular formula is C13H19N3O3S2. The molecule has 0 aromatic carbocycles. The fourth-order valence-electron chi connectivity index (χ4n) is 2.13. The van der Waals surface area contributed by atoms with E-state index in [-0.39, 0.29) is 17.4 Å². The second kappa shape index (κ2) is 7.17. The molecule has 2 heterocycles. The quantitative estimate of drug-likeness (QED) is 0.765. The Bertz CT molecular complexity index is 650. The zero-order valence-corrected chi connectivity index (χ0v) is 13.4. The predicted molar refractivity (Wildman–Crippen MR) is 81.8 cm³/mol. The number of hydrogen-bond donors (Lipinski definition) is 2. The first-order valence-corrected chi connectivity index (χ1v) is 9.07. The lowest BCUT2D eigenvalue weighted by Gasteiger charge is -2.14. The monoisotopic (exact) mass is 329 g/mol. The summed E-state index contributed by atoms with van der Waals surface area (Å²) in [7, 11) is -1.84. The predicted octanol–water partition coefficient (Wildman–Crippen LogP) is 1.32. The molecule has 0 saturated heterocycles. The molecule has 2 rings (SSSR count). The van der Waals surface area contributed by atoms with Crippen LogP contribution >= 0.6 is 11.3 Å². The third kappa shape index (κ3) is 4.37. The maximum atomic E-state index is 12.1. The highest BCUT2D eigenvalue weighted by atomic mass is 32.2. The van der Waals surface area contributed by atoms with Crippen molar-refractivity contribution in [3.05, 3.63) is 34.8 Å². The smallest absolute Gasteiger partial charge is 0.243 e. The van der Waals surface area contributed by atoms with Crippen LogP contribution in [0.5, 0.6) is 0 Å². The van der Waals surface area contributed by atoms with Gasteiger partial charge in [0.2, 0.25) is 10.0 Å². The molecule has 116 valence electrons. The Morgan fingerprint density at radius 2 is 2.29 bits per heavy atom. The first-order valence-electron chi connectivity index (χ1n) is 6.64. The van der Waals surface area contributed by atoms with Crippen LogP contribution < -0.4 is 4.72 Å². The molecule has 1 atom stereocenters. The minimum absolute atomic E-state index is 0.0931. The third-order valence-corrected chi connectivity index (χ3v) is 5.39. The molecule has 0 spiro atoms. The Kier molecular flexibility index (Phi) is 5.51. The van der Waals surface area contributed by atoms with Crippen LogP contribution in [0.2, 0.25) is 0 Å². The molecule has 2 aromatic rings. The van der Waals surface area contributed by atoms with E-state index in [1.165, 1.54) is 17.1 Å². The summed E-state index contributed by atoms with van der Waals surface area (Å²) >= 11 is 1.60. The average molecular weight is 329 g/mol. The zero-order chi connectivity index (χ0) is 15.3. The van der Waals surface area contributed by atoms with E-state index in [0.717, 1.165) is 5.56 Å². The van der Waals surface area contributed by atoms with Crippen LogP contribution in [0.1, 0.15) is 24.3 Å². The van der Waals surface area contributed by atoms with Crippen molar-refractivity contribution in [3.8, 4) is 0 Å². The van der Waals surface area contributed by atoms with Gasteiger partial charge in [-0.2, -0.15) is 16.4 Å². The highest BCUT2D eigenvalue weighted by Crippen LogP contribution is 2.25. The minimum atomic E-state index is -3.51. The van der Waals surface area contributed by atoms with Crippen LogP contribution in [0.3, 0.4) is 0 Å². The highest BCUT2D eigenvalue weighted by molar-refractivity contribution is 7.89. The van der Waals surface area contributed by atoms with Gasteiger partial charge in [0.1, 0.15) is 4.90 Å². The van der Waals surface area contributed by atoms with E-state index >= 15 is 0 Å². The molecule has 1 unspecified atom stereocenters. The van der Waals surface area contributed by atoms with Crippen molar-refractivity contribution in [1.29, 1.82) is 0 Å².